The number of halogens is 1. The molecule has 2 N–H and O–H groups in total. The molecular weight excluding hydrogens is 368 g/mol. The third kappa shape index (κ3) is 4.05. The van der Waals surface area contributed by atoms with Crippen molar-refractivity contribution in [1.82, 2.24) is 14.8 Å². The minimum Gasteiger partial charge on any atom is -0.394 e. The van der Waals surface area contributed by atoms with Crippen LogP contribution in [0.25, 0.3) is 11.4 Å². The number of anilines is 2. The van der Waals surface area contributed by atoms with Gasteiger partial charge in [0.05, 0.1) is 24.4 Å². The zero-order valence-corrected chi connectivity index (χ0v) is 15.3. The number of aromatic nitrogens is 3. The smallest absolute Gasteiger partial charge is 0.291 e. The first kappa shape index (κ1) is 18.8. The Morgan fingerprint density at radius 2 is 2.07 bits per heavy atom. The van der Waals surface area contributed by atoms with Gasteiger partial charge in [-0.05, 0) is 37.3 Å². The second kappa shape index (κ2) is 8.11. The molecule has 0 aliphatic rings. The Labute approximate surface area is 160 Å². The van der Waals surface area contributed by atoms with E-state index in [1.54, 1.807) is 48.7 Å². The zero-order chi connectivity index (χ0) is 19.4. The molecule has 1 aromatic carbocycles. The van der Waals surface area contributed by atoms with Gasteiger partial charge in [0.1, 0.15) is 11.4 Å². The highest BCUT2D eigenvalue weighted by atomic mass is 35.5. The van der Waals surface area contributed by atoms with E-state index >= 15 is 0 Å². The lowest BCUT2D eigenvalue weighted by atomic mass is 10.1. The Hall–Kier alpha value is -3.03. The van der Waals surface area contributed by atoms with Crippen LogP contribution in [0.15, 0.2) is 53.5 Å². The zero-order valence-electron chi connectivity index (χ0n) is 14.5. The maximum atomic E-state index is 12.9. The number of aliphatic hydroxyl groups is 1. The summed E-state index contributed by atoms with van der Waals surface area (Å²) in [4.78, 5) is 29.5. The molecule has 2 heterocycles. The molecule has 0 bridgehead atoms. The Balaban J connectivity index is 2.27. The van der Waals surface area contributed by atoms with Crippen LogP contribution in [0, 0.1) is 0 Å². The molecule has 0 unspecified atom stereocenters. The van der Waals surface area contributed by atoms with Crippen LogP contribution in [0.2, 0.25) is 5.02 Å². The molecule has 0 amide bonds. The fraction of sp³-hybridized carbons (Fsp3) is 0.158. The van der Waals surface area contributed by atoms with Crippen LogP contribution in [-0.4, -0.2) is 32.3 Å². The van der Waals surface area contributed by atoms with Crippen molar-refractivity contribution in [3.8, 4) is 11.4 Å². The van der Waals surface area contributed by atoms with Gasteiger partial charge in [-0.3, -0.25) is 14.6 Å². The van der Waals surface area contributed by atoms with E-state index in [1.807, 2.05) is 0 Å². The van der Waals surface area contributed by atoms with E-state index in [2.05, 4.69) is 15.4 Å². The molecule has 8 heteroatoms. The summed E-state index contributed by atoms with van der Waals surface area (Å²) in [5, 5.41) is 17.0. The highest BCUT2D eigenvalue weighted by Crippen LogP contribution is 2.27. The van der Waals surface area contributed by atoms with Crippen LogP contribution < -0.4 is 10.9 Å². The first-order valence-corrected chi connectivity index (χ1v) is 8.60. The van der Waals surface area contributed by atoms with Gasteiger partial charge in [-0.15, -0.1) is 0 Å². The van der Waals surface area contributed by atoms with Gasteiger partial charge in [-0.25, -0.2) is 4.68 Å². The van der Waals surface area contributed by atoms with Gasteiger partial charge in [-0.1, -0.05) is 23.7 Å². The molecule has 3 aromatic rings. The molecule has 0 aliphatic heterocycles. The van der Waals surface area contributed by atoms with Gasteiger partial charge >= 0.3 is 0 Å². The number of benzene rings is 1. The average Bonchev–Trinajstić information content (AvgIpc) is 2.65. The third-order valence-corrected chi connectivity index (χ3v) is 4.06. The van der Waals surface area contributed by atoms with Crippen molar-refractivity contribution in [2.75, 3.05) is 11.9 Å². The van der Waals surface area contributed by atoms with E-state index in [-0.39, 0.29) is 35.9 Å². The van der Waals surface area contributed by atoms with E-state index < -0.39 is 5.56 Å². The fourth-order valence-electron chi connectivity index (χ4n) is 2.67. The largest absolute Gasteiger partial charge is 0.394 e. The number of hydrogen-bond donors (Lipinski definition) is 2. The van der Waals surface area contributed by atoms with E-state index in [9.17, 15) is 14.7 Å². The summed E-state index contributed by atoms with van der Waals surface area (Å²) in [6.07, 6.45) is 1.58. The quantitative estimate of drug-likeness (QED) is 0.634. The lowest BCUT2D eigenvalue weighted by Gasteiger charge is -2.16. The van der Waals surface area contributed by atoms with E-state index in [0.29, 0.717) is 16.4 Å². The Morgan fingerprint density at radius 3 is 2.70 bits per heavy atom. The van der Waals surface area contributed by atoms with Crippen molar-refractivity contribution in [2.24, 2.45) is 0 Å². The summed E-state index contributed by atoms with van der Waals surface area (Å²) in [5.74, 6) is -0.332. The van der Waals surface area contributed by atoms with Gasteiger partial charge in [-0.2, -0.15) is 5.10 Å². The lowest BCUT2D eigenvalue weighted by Crippen LogP contribution is -2.29. The number of ketones is 1. The number of nitrogens with zero attached hydrogens (tertiary/aromatic N) is 3. The van der Waals surface area contributed by atoms with Crippen molar-refractivity contribution in [3.63, 3.8) is 0 Å². The normalized spacial score (nSPS) is 10.6. The average molecular weight is 385 g/mol. The first-order chi connectivity index (χ1) is 13.0. The molecule has 0 radical (unpaired) electrons. The number of rotatable bonds is 6. The van der Waals surface area contributed by atoms with Crippen LogP contribution in [0.4, 0.5) is 11.4 Å². The summed E-state index contributed by atoms with van der Waals surface area (Å²) in [6, 6.07) is 12.0. The second-order valence-corrected chi connectivity index (χ2v) is 6.19. The van der Waals surface area contributed by atoms with Gasteiger partial charge < -0.3 is 10.4 Å². The summed E-state index contributed by atoms with van der Waals surface area (Å²) in [5.41, 5.74) is 0.940. The van der Waals surface area contributed by atoms with Crippen molar-refractivity contribution >= 4 is 28.8 Å². The lowest BCUT2D eigenvalue weighted by molar-refractivity contribution is 0.101. The Morgan fingerprint density at radius 1 is 1.26 bits per heavy atom. The van der Waals surface area contributed by atoms with Crippen LogP contribution in [0.5, 0.6) is 0 Å². The van der Waals surface area contributed by atoms with E-state index in [0.717, 1.165) is 4.68 Å². The predicted molar refractivity (Wildman–Crippen MR) is 104 cm³/mol. The number of carbonyl (C=O) groups excluding carboxylic acids is 1. The second-order valence-electron chi connectivity index (χ2n) is 5.76. The van der Waals surface area contributed by atoms with Gasteiger partial charge in [0.15, 0.2) is 5.78 Å². The molecule has 0 saturated heterocycles. The predicted octanol–water partition coefficient (Wildman–Crippen LogP) is 2.90. The number of nitrogens with one attached hydrogen (secondary N) is 1. The summed E-state index contributed by atoms with van der Waals surface area (Å²) < 4.78 is 1.11. The van der Waals surface area contributed by atoms with E-state index in [1.165, 1.54) is 6.92 Å². The van der Waals surface area contributed by atoms with Gasteiger partial charge in [0.25, 0.3) is 5.56 Å². The van der Waals surface area contributed by atoms with Crippen LogP contribution in [0.1, 0.15) is 17.3 Å². The molecular formula is C19H17ClN4O3. The summed E-state index contributed by atoms with van der Waals surface area (Å²) >= 11 is 6.02. The van der Waals surface area contributed by atoms with Crippen molar-refractivity contribution in [1.29, 1.82) is 0 Å². The maximum Gasteiger partial charge on any atom is 0.291 e. The highest BCUT2D eigenvalue weighted by Gasteiger charge is 2.22. The molecule has 27 heavy (non-hydrogen) atoms. The van der Waals surface area contributed by atoms with Crippen LogP contribution in [0.3, 0.4) is 0 Å². The fourth-order valence-corrected chi connectivity index (χ4v) is 2.86. The maximum absolute atomic E-state index is 12.9. The molecule has 0 spiro atoms. The number of aliphatic hydroxyl groups excluding tert-OH is 1. The molecule has 0 aliphatic carbocycles. The standard InChI is InChI=1S/C19H17ClN4O3/c1-12(26)16-17(15-7-2-3-8-21-15)23-24(9-10-25)19(27)18(16)22-14-6-4-5-13(20)11-14/h2-8,11,22,25H,9-10H2,1H3. The molecule has 138 valence electrons. The Bertz CT molecular complexity index is 1030. The third-order valence-electron chi connectivity index (χ3n) is 3.82. The van der Waals surface area contributed by atoms with E-state index in [4.69, 9.17) is 11.6 Å². The molecule has 0 saturated carbocycles. The summed E-state index contributed by atoms with van der Waals surface area (Å²) in [7, 11) is 0. The number of hydrogen-bond acceptors (Lipinski definition) is 6. The molecule has 2 aromatic heterocycles. The SMILES string of the molecule is CC(=O)c1c(-c2ccccn2)nn(CCO)c(=O)c1Nc1cccc(Cl)c1. The van der Waals surface area contributed by atoms with Crippen LogP contribution >= 0.6 is 11.6 Å². The first-order valence-electron chi connectivity index (χ1n) is 8.22. The molecule has 3 rings (SSSR count). The topological polar surface area (TPSA) is 97.1 Å². The van der Waals surface area contributed by atoms with Crippen molar-refractivity contribution in [3.05, 3.63) is 69.6 Å². The van der Waals surface area contributed by atoms with Gasteiger partial charge in [0, 0.05) is 16.9 Å². The Kier molecular flexibility index (Phi) is 5.63. The van der Waals surface area contributed by atoms with Crippen LogP contribution in [-0.2, 0) is 6.54 Å². The summed E-state index contributed by atoms with van der Waals surface area (Å²) in [6.45, 7) is 1.08. The number of carbonyl (C=O) groups is 1. The van der Waals surface area contributed by atoms with Gasteiger partial charge in [0.2, 0.25) is 0 Å². The minimum atomic E-state index is -0.520. The number of Topliss-reactive ketones (excluding diaryl/α,β-unsaturated/α-hetero) is 1. The van der Waals surface area contributed by atoms with Crippen molar-refractivity contribution in [2.45, 2.75) is 13.5 Å². The molecule has 0 fully saturated rings. The number of pyridine rings is 1. The molecule has 7 nitrogen and oxygen atoms in total. The monoisotopic (exact) mass is 384 g/mol. The minimum absolute atomic E-state index is 0.0128. The highest BCUT2D eigenvalue weighted by molar-refractivity contribution is 6.30. The van der Waals surface area contributed by atoms with Crippen molar-refractivity contribution < 1.29 is 9.90 Å². The molecule has 0 atom stereocenters.